The van der Waals surface area contributed by atoms with Gasteiger partial charge in [0.25, 0.3) is 0 Å². The van der Waals surface area contributed by atoms with Gasteiger partial charge in [0.05, 0.1) is 17.0 Å². The van der Waals surface area contributed by atoms with Gasteiger partial charge in [-0.25, -0.2) is 4.79 Å². The van der Waals surface area contributed by atoms with E-state index in [1.165, 1.54) is 0 Å². The number of rotatable bonds is 4. The van der Waals surface area contributed by atoms with Crippen LogP contribution in [0.15, 0.2) is 24.3 Å². The third-order valence-electron chi connectivity index (χ3n) is 5.10. The van der Waals surface area contributed by atoms with Crippen molar-refractivity contribution in [2.24, 2.45) is 5.92 Å². The van der Waals surface area contributed by atoms with Gasteiger partial charge >= 0.3 is 11.9 Å². The molecule has 3 rings (SSSR count). The zero-order valence-corrected chi connectivity index (χ0v) is 13.2. The summed E-state index contributed by atoms with van der Waals surface area (Å²) in [5, 5.41) is 21.2. The molecular weight excluding hydrogens is 312 g/mol. The van der Waals surface area contributed by atoms with Gasteiger partial charge < -0.3 is 15.5 Å². The summed E-state index contributed by atoms with van der Waals surface area (Å²) in [6.45, 7) is 2.08. The first kappa shape index (κ1) is 16.4. The van der Waals surface area contributed by atoms with E-state index in [-0.39, 0.29) is 17.9 Å². The highest BCUT2D eigenvalue weighted by Crippen LogP contribution is 2.37. The first-order chi connectivity index (χ1) is 11.4. The molecular formula is C17H20N2O5. The lowest BCUT2D eigenvalue weighted by Gasteiger charge is -2.41. The highest BCUT2D eigenvalue weighted by Gasteiger charge is 2.51. The Bertz CT molecular complexity index is 662. The number of hydrogen-bond donors (Lipinski definition) is 3. The molecule has 1 aromatic carbocycles. The van der Waals surface area contributed by atoms with Gasteiger partial charge in [0, 0.05) is 26.1 Å². The van der Waals surface area contributed by atoms with Crippen LogP contribution in [0, 0.1) is 5.92 Å². The highest BCUT2D eigenvalue weighted by molar-refractivity contribution is 5.88. The number of aromatic carboxylic acids is 1. The lowest BCUT2D eigenvalue weighted by atomic mass is 9.77. The molecule has 0 radical (unpaired) electrons. The van der Waals surface area contributed by atoms with Gasteiger partial charge in [-0.05, 0) is 30.5 Å². The summed E-state index contributed by atoms with van der Waals surface area (Å²) in [7, 11) is 0. The summed E-state index contributed by atoms with van der Waals surface area (Å²) in [6.07, 6.45) is 1.29. The van der Waals surface area contributed by atoms with E-state index in [0.717, 1.165) is 5.56 Å². The molecule has 0 aromatic heterocycles. The van der Waals surface area contributed by atoms with Crippen LogP contribution in [0.4, 0.5) is 0 Å². The minimum Gasteiger partial charge on any atom is -0.481 e. The summed E-state index contributed by atoms with van der Waals surface area (Å²) in [6, 6.07) is 6.76. The molecule has 1 aromatic rings. The first-order valence-electron chi connectivity index (χ1n) is 7.98. The number of carboxylic acids is 2. The van der Waals surface area contributed by atoms with E-state index in [1.807, 2.05) is 0 Å². The quantitative estimate of drug-likeness (QED) is 0.757. The average Bonchev–Trinajstić information content (AvgIpc) is 2.87. The SMILES string of the molecule is O=C1CC(C(=O)O)C2(CCN(Cc3ccc(C(=O)O)cc3)CC2)N1. The van der Waals surface area contributed by atoms with E-state index in [4.69, 9.17) is 5.11 Å². The molecule has 128 valence electrons. The number of piperidine rings is 1. The van der Waals surface area contributed by atoms with Crippen LogP contribution in [-0.2, 0) is 16.1 Å². The molecule has 3 N–H and O–H groups in total. The molecule has 2 fully saturated rings. The number of amides is 1. The van der Waals surface area contributed by atoms with Crippen molar-refractivity contribution in [2.45, 2.75) is 31.3 Å². The molecule has 2 aliphatic rings. The van der Waals surface area contributed by atoms with Crippen molar-refractivity contribution in [3.8, 4) is 0 Å². The van der Waals surface area contributed by atoms with Gasteiger partial charge in [-0.1, -0.05) is 12.1 Å². The molecule has 1 atom stereocenters. The van der Waals surface area contributed by atoms with E-state index >= 15 is 0 Å². The Morgan fingerprint density at radius 2 is 1.79 bits per heavy atom. The van der Waals surface area contributed by atoms with Crippen LogP contribution < -0.4 is 5.32 Å². The van der Waals surface area contributed by atoms with Gasteiger partial charge in [0.2, 0.25) is 5.91 Å². The van der Waals surface area contributed by atoms with E-state index in [2.05, 4.69) is 10.2 Å². The smallest absolute Gasteiger partial charge is 0.335 e. The molecule has 0 aliphatic carbocycles. The second-order valence-corrected chi connectivity index (χ2v) is 6.58. The van der Waals surface area contributed by atoms with Crippen molar-refractivity contribution in [2.75, 3.05) is 13.1 Å². The number of aliphatic carboxylic acids is 1. The van der Waals surface area contributed by atoms with Crippen LogP contribution in [0.25, 0.3) is 0 Å². The Kier molecular flexibility index (Phi) is 4.28. The summed E-state index contributed by atoms with van der Waals surface area (Å²) < 4.78 is 0. The minimum atomic E-state index is -0.946. The van der Waals surface area contributed by atoms with Gasteiger partial charge in [0.1, 0.15) is 0 Å². The number of nitrogens with one attached hydrogen (secondary N) is 1. The number of carbonyl (C=O) groups excluding carboxylic acids is 1. The minimum absolute atomic E-state index is 0.0615. The summed E-state index contributed by atoms with van der Waals surface area (Å²) in [4.78, 5) is 36.1. The summed E-state index contributed by atoms with van der Waals surface area (Å²) >= 11 is 0. The number of carboxylic acid groups (broad SMARTS) is 2. The topological polar surface area (TPSA) is 107 Å². The molecule has 1 unspecified atom stereocenters. The molecule has 0 bridgehead atoms. The number of benzene rings is 1. The second-order valence-electron chi connectivity index (χ2n) is 6.58. The Morgan fingerprint density at radius 1 is 1.17 bits per heavy atom. The van der Waals surface area contributed by atoms with Crippen molar-refractivity contribution >= 4 is 17.8 Å². The zero-order chi connectivity index (χ0) is 17.3. The van der Waals surface area contributed by atoms with Crippen molar-refractivity contribution in [3.05, 3.63) is 35.4 Å². The molecule has 7 heteroatoms. The first-order valence-corrected chi connectivity index (χ1v) is 7.98. The van der Waals surface area contributed by atoms with Gasteiger partial charge in [0.15, 0.2) is 0 Å². The molecule has 24 heavy (non-hydrogen) atoms. The van der Waals surface area contributed by atoms with Gasteiger partial charge in [-0.3, -0.25) is 14.5 Å². The van der Waals surface area contributed by atoms with E-state index < -0.39 is 23.4 Å². The fourth-order valence-corrected chi connectivity index (χ4v) is 3.71. The standard InChI is InChI=1S/C17H20N2O5/c20-14-9-13(16(23)24)17(18-14)5-7-19(8-6-17)10-11-1-3-12(4-2-11)15(21)22/h1-4,13H,5-10H2,(H,18,20)(H,21,22)(H,23,24). The van der Waals surface area contributed by atoms with Gasteiger partial charge in [-0.2, -0.15) is 0 Å². The zero-order valence-electron chi connectivity index (χ0n) is 13.2. The van der Waals surface area contributed by atoms with Crippen LogP contribution in [0.5, 0.6) is 0 Å². The van der Waals surface area contributed by atoms with Crippen molar-refractivity contribution < 1.29 is 24.6 Å². The highest BCUT2D eigenvalue weighted by atomic mass is 16.4. The van der Waals surface area contributed by atoms with Crippen LogP contribution in [0.2, 0.25) is 0 Å². The monoisotopic (exact) mass is 332 g/mol. The Labute approximate surface area is 139 Å². The summed E-state index contributed by atoms with van der Waals surface area (Å²) in [5.41, 5.74) is 0.655. The third kappa shape index (κ3) is 3.12. The van der Waals surface area contributed by atoms with Gasteiger partial charge in [-0.15, -0.1) is 0 Å². The molecule has 1 spiro atoms. The van der Waals surface area contributed by atoms with E-state index in [1.54, 1.807) is 24.3 Å². The number of likely N-dealkylation sites (tertiary alicyclic amines) is 1. The Hall–Kier alpha value is -2.41. The van der Waals surface area contributed by atoms with Crippen LogP contribution in [0.1, 0.15) is 35.2 Å². The fourth-order valence-electron chi connectivity index (χ4n) is 3.71. The fraction of sp³-hybridized carbons (Fsp3) is 0.471. The van der Waals surface area contributed by atoms with Crippen LogP contribution >= 0.6 is 0 Å². The maximum atomic E-state index is 11.7. The molecule has 7 nitrogen and oxygen atoms in total. The van der Waals surface area contributed by atoms with Crippen LogP contribution in [0.3, 0.4) is 0 Å². The lowest BCUT2D eigenvalue weighted by molar-refractivity contribution is -0.144. The Morgan fingerprint density at radius 3 is 2.33 bits per heavy atom. The maximum absolute atomic E-state index is 11.7. The van der Waals surface area contributed by atoms with E-state index in [0.29, 0.717) is 32.5 Å². The number of carbonyl (C=O) groups is 3. The second kappa shape index (κ2) is 6.24. The lowest BCUT2D eigenvalue weighted by Crippen LogP contribution is -2.55. The Balaban J connectivity index is 1.61. The predicted octanol–water partition coefficient (Wildman–Crippen LogP) is 0.940. The van der Waals surface area contributed by atoms with Crippen molar-refractivity contribution in [3.63, 3.8) is 0 Å². The molecule has 0 saturated carbocycles. The van der Waals surface area contributed by atoms with Crippen molar-refractivity contribution in [1.82, 2.24) is 10.2 Å². The third-order valence-corrected chi connectivity index (χ3v) is 5.10. The van der Waals surface area contributed by atoms with Crippen molar-refractivity contribution in [1.29, 1.82) is 0 Å². The average molecular weight is 332 g/mol. The van der Waals surface area contributed by atoms with Crippen LogP contribution in [-0.4, -0.2) is 51.6 Å². The largest absolute Gasteiger partial charge is 0.481 e. The van der Waals surface area contributed by atoms with E-state index in [9.17, 15) is 19.5 Å². The predicted molar refractivity (Wildman–Crippen MR) is 84.5 cm³/mol. The molecule has 2 saturated heterocycles. The molecule has 2 aliphatic heterocycles. The summed E-state index contributed by atoms with van der Waals surface area (Å²) in [5.74, 6) is -2.69. The molecule has 1 amide bonds. The number of nitrogens with zero attached hydrogens (tertiary/aromatic N) is 1. The number of hydrogen-bond acceptors (Lipinski definition) is 4. The molecule has 2 heterocycles. The maximum Gasteiger partial charge on any atom is 0.335 e. The normalized spacial score (nSPS) is 23.2.